The van der Waals surface area contributed by atoms with E-state index in [1.807, 2.05) is 38.1 Å². The molecule has 4 nitrogen and oxygen atoms in total. The summed E-state index contributed by atoms with van der Waals surface area (Å²) in [4.78, 5) is 16.0. The van der Waals surface area contributed by atoms with Gasteiger partial charge in [-0.25, -0.2) is 4.98 Å². The van der Waals surface area contributed by atoms with E-state index in [0.717, 1.165) is 0 Å². The summed E-state index contributed by atoms with van der Waals surface area (Å²) >= 11 is 0. The molecule has 0 aromatic carbocycles. The van der Waals surface area contributed by atoms with E-state index in [0.29, 0.717) is 24.4 Å². The molecule has 1 aliphatic carbocycles. The van der Waals surface area contributed by atoms with Gasteiger partial charge in [-0.15, -0.1) is 0 Å². The molecule has 2 rings (SSSR count). The van der Waals surface area contributed by atoms with Gasteiger partial charge < -0.3 is 5.32 Å². The molecule has 0 amide bonds. The van der Waals surface area contributed by atoms with Crippen LogP contribution in [0.15, 0.2) is 35.7 Å². The second-order valence-electron chi connectivity index (χ2n) is 5.25. The van der Waals surface area contributed by atoms with Gasteiger partial charge in [-0.05, 0) is 24.0 Å². The molecular formula is C14H15N3O. The Hall–Kier alpha value is -2.15. The van der Waals surface area contributed by atoms with Crippen molar-refractivity contribution in [3.8, 4) is 6.07 Å². The van der Waals surface area contributed by atoms with Crippen LogP contribution in [-0.2, 0) is 4.79 Å². The van der Waals surface area contributed by atoms with Crippen molar-refractivity contribution in [1.82, 2.24) is 4.98 Å². The molecule has 1 aromatic heterocycles. The fourth-order valence-corrected chi connectivity index (χ4v) is 2.15. The van der Waals surface area contributed by atoms with Gasteiger partial charge in [0.25, 0.3) is 0 Å². The molecule has 0 saturated carbocycles. The van der Waals surface area contributed by atoms with Gasteiger partial charge in [-0.1, -0.05) is 19.9 Å². The first-order valence-corrected chi connectivity index (χ1v) is 5.86. The van der Waals surface area contributed by atoms with Gasteiger partial charge >= 0.3 is 0 Å². The third kappa shape index (κ3) is 2.57. The second-order valence-corrected chi connectivity index (χ2v) is 5.25. The van der Waals surface area contributed by atoms with Crippen LogP contribution in [0.4, 0.5) is 5.82 Å². The lowest BCUT2D eigenvalue weighted by atomic mass is 9.76. The van der Waals surface area contributed by atoms with E-state index >= 15 is 0 Å². The Labute approximate surface area is 106 Å². The molecule has 18 heavy (non-hydrogen) atoms. The third-order valence-corrected chi connectivity index (χ3v) is 2.93. The number of hydrogen-bond donors (Lipinski definition) is 1. The number of ketones is 1. The minimum atomic E-state index is -0.117. The number of anilines is 1. The van der Waals surface area contributed by atoms with Crippen LogP contribution < -0.4 is 5.32 Å². The van der Waals surface area contributed by atoms with E-state index in [9.17, 15) is 4.79 Å². The van der Waals surface area contributed by atoms with Crippen molar-refractivity contribution in [2.75, 3.05) is 5.32 Å². The summed E-state index contributed by atoms with van der Waals surface area (Å²) in [6.45, 7) is 4.05. The predicted molar refractivity (Wildman–Crippen MR) is 68.5 cm³/mol. The zero-order valence-electron chi connectivity index (χ0n) is 10.5. The molecule has 0 radical (unpaired) electrons. The smallest absolute Gasteiger partial charge is 0.175 e. The summed E-state index contributed by atoms with van der Waals surface area (Å²) in [5.74, 6) is 0.568. The quantitative estimate of drug-likeness (QED) is 0.864. The van der Waals surface area contributed by atoms with Crippen LogP contribution >= 0.6 is 0 Å². The van der Waals surface area contributed by atoms with E-state index < -0.39 is 0 Å². The lowest BCUT2D eigenvalue weighted by Gasteiger charge is -2.30. The zero-order chi connectivity index (χ0) is 13.2. The van der Waals surface area contributed by atoms with Crippen molar-refractivity contribution >= 4 is 11.6 Å². The van der Waals surface area contributed by atoms with Gasteiger partial charge in [-0.2, -0.15) is 5.26 Å². The molecule has 92 valence electrons. The highest BCUT2D eigenvalue weighted by atomic mass is 16.1. The SMILES string of the molecule is CC1(C)CC(=O)C(C#N)=C(Nc2ccccn2)C1. The van der Waals surface area contributed by atoms with Gasteiger partial charge in [0, 0.05) is 18.3 Å². The van der Waals surface area contributed by atoms with Crippen molar-refractivity contribution in [1.29, 1.82) is 5.26 Å². The third-order valence-electron chi connectivity index (χ3n) is 2.93. The molecule has 1 N–H and O–H groups in total. The molecule has 0 atom stereocenters. The first-order valence-electron chi connectivity index (χ1n) is 5.86. The summed E-state index contributed by atoms with van der Waals surface area (Å²) < 4.78 is 0. The maximum atomic E-state index is 11.9. The van der Waals surface area contributed by atoms with Crippen LogP contribution in [-0.4, -0.2) is 10.8 Å². The fourth-order valence-electron chi connectivity index (χ4n) is 2.15. The highest BCUT2D eigenvalue weighted by Crippen LogP contribution is 2.36. The predicted octanol–water partition coefficient (Wildman–Crippen LogP) is 2.66. The van der Waals surface area contributed by atoms with Crippen LogP contribution in [0.1, 0.15) is 26.7 Å². The lowest BCUT2D eigenvalue weighted by Crippen LogP contribution is -2.28. The number of Topliss-reactive ketones (excluding diaryl/α,β-unsaturated/α-hetero) is 1. The Kier molecular flexibility index (Phi) is 3.15. The zero-order valence-corrected chi connectivity index (χ0v) is 10.5. The Morgan fingerprint density at radius 3 is 2.78 bits per heavy atom. The molecule has 1 aliphatic rings. The summed E-state index contributed by atoms with van der Waals surface area (Å²) in [7, 11) is 0. The standard InChI is InChI=1S/C14H15N3O/c1-14(2)7-11(10(9-15)12(18)8-14)17-13-5-3-4-6-16-13/h3-6H,7-8H2,1-2H3,(H,16,17). The van der Waals surface area contributed by atoms with E-state index in [2.05, 4.69) is 10.3 Å². The second kappa shape index (κ2) is 4.61. The van der Waals surface area contributed by atoms with Crippen LogP contribution in [0.5, 0.6) is 0 Å². The molecule has 1 aromatic rings. The minimum absolute atomic E-state index is 0.0906. The highest BCUT2D eigenvalue weighted by molar-refractivity contribution is 6.01. The van der Waals surface area contributed by atoms with Crippen molar-refractivity contribution < 1.29 is 4.79 Å². The Morgan fingerprint density at radius 1 is 1.39 bits per heavy atom. The molecule has 4 heteroatoms. The van der Waals surface area contributed by atoms with Gasteiger partial charge in [0.15, 0.2) is 5.78 Å². The van der Waals surface area contributed by atoms with Gasteiger partial charge in [0.1, 0.15) is 17.5 Å². The number of aromatic nitrogens is 1. The number of carbonyl (C=O) groups is 1. The number of nitrogens with zero attached hydrogens (tertiary/aromatic N) is 2. The van der Waals surface area contributed by atoms with Crippen molar-refractivity contribution in [2.24, 2.45) is 5.41 Å². The molecule has 0 fully saturated rings. The largest absolute Gasteiger partial charge is 0.342 e. The lowest BCUT2D eigenvalue weighted by molar-refractivity contribution is -0.117. The summed E-state index contributed by atoms with van der Waals surface area (Å²) in [6.07, 6.45) is 2.77. The highest BCUT2D eigenvalue weighted by Gasteiger charge is 2.33. The average Bonchev–Trinajstić information content (AvgIpc) is 2.28. The topological polar surface area (TPSA) is 65.8 Å². The van der Waals surface area contributed by atoms with E-state index in [1.54, 1.807) is 6.20 Å². The fraction of sp³-hybridized carbons (Fsp3) is 0.357. The van der Waals surface area contributed by atoms with Crippen LogP contribution in [0.3, 0.4) is 0 Å². The number of pyridine rings is 1. The van der Waals surface area contributed by atoms with Crippen molar-refractivity contribution in [3.05, 3.63) is 35.7 Å². The van der Waals surface area contributed by atoms with E-state index in [1.165, 1.54) is 0 Å². The van der Waals surface area contributed by atoms with Crippen molar-refractivity contribution in [3.63, 3.8) is 0 Å². The summed E-state index contributed by atoms with van der Waals surface area (Å²) in [6, 6.07) is 7.49. The molecule has 0 bridgehead atoms. The van der Waals surface area contributed by atoms with Gasteiger partial charge in [0.05, 0.1) is 0 Å². The number of nitrogens with one attached hydrogen (secondary N) is 1. The number of rotatable bonds is 2. The van der Waals surface area contributed by atoms with Gasteiger partial charge in [-0.3, -0.25) is 4.79 Å². The first-order chi connectivity index (χ1) is 8.52. The van der Waals surface area contributed by atoms with Crippen LogP contribution in [0.25, 0.3) is 0 Å². The maximum Gasteiger partial charge on any atom is 0.175 e. The first kappa shape index (κ1) is 12.3. The molecule has 0 aliphatic heterocycles. The van der Waals surface area contributed by atoms with Gasteiger partial charge in [0.2, 0.25) is 0 Å². The monoisotopic (exact) mass is 241 g/mol. The van der Waals surface area contributed by atoms with Crippen molar-refractivity contribution in [2.45, 2.75) is 26.7 Å². The maximum absolute atomic E-state index is 11.9. The molecular weight excluding hydrogens is 226 g/mol. The number of carbonyl (C=O) groups excluding carboxylic acids is 1. The molecule has 0 unspecified atom stereocenters. The van der Waals surface area contributed by atoms with Crippen LogP contribution in [0, 0.1) is 16.7 Å². The Balaban J connectivity index is 2.34. The summed E-state index contributed by atoms with van der Waals surface area (Å²) in [5.41, 5.74) is 0.798. The summed E-state index contributed by atoms with van der Waals surface area (Å²) in [5, 5.41) is 12.2. The normalized spacial score (nSPS) is 18.4. The Bertz CT molecular complexity index is 538. The number of hydrogen-bond acceptors (Lipinski definition) is 4. The minimum Gasteiger partial charge on any atom is -0.342 e. The number of nitriles is 1. The number of allylic oxidation sites excluding steroid dienone is 2. The van der Waals surface area contributed by atoms with E-state index in [-0.39, 0.29) is 16.8 Å². The van der Waals surface area contributed by atoms with E-state index in [4.69, 9.17) is 5.26 Å². The molecule has 1 heterocycles. The molecule has 0 saturated heterocycles. The average molecular weight is 241 g/mol. The van der Waals surface area contributed by atoms with Crippen LogP contribution in [0.2, 0.25) is 0 Å². The Morgan fingerprint density at radius 2 is 2.17 bits per heavy atom. The molecule has 0 spiro atoms.